The molecule has 1 aromatic carbocycles. The van der Waals surface area contributed by atoms with Crippen molar-refractivity contribution in [3.05, 3.63) is 29.6 Å². The van der Waals surface area contributed by atoms with Crippen LogP contribution < -0.4 is 10.5 Å². The van der Waals surface area contributed by atoms with E-state index < -0.39 is 24.6 Å². The van der Waals surface area contributed by atoms with E-state index in [1.54, 1.807) is 6.92 Å². The van der Waals surface area contributed by atoms with Crippen molar-refractivity contribution in [1.29, 1.82) is 0 Å². The summed E-state index contributed by atoms with van der Waals surface area (Å²) in [5.74, 6) is -0.850. The Balaban J connectivity index is 0.00000256. The summed E-state index contributed by atoms with van der Waals surface area (Å²) in [5.41, 5.74) is 5.88. The number of hydrogen-bond acceptors (Lipinski definition) is 2. The third kappa shape index (κ3) is 5.74. The Morgan fingerprint density at radius 2 is 1.88 bits per heavy atom. The minimum atomic E-state index is -4.44. The molecule has 0 aliphatic rings. The molecule has 1 rings (SSSR count). The number of benzene rings is 1. The first kappa shape index (κ1) is 16.0. The van der Waals surface area contributed by atoms with Crippen LogP contribution in [0.1, 0.15) is 18.5 Å². The summed E-state index contributed by atoms with van der Waals surface area (Å²) in [4.78, 5) is 0. The van der Waals surface area contributed by atoms with Crippen molar-refractivity contribution in [2.45, 2.75) is 19.1 Å². The zero-order chi connectivity index (χ0) is 12.3. The maximum absolute atomic E-state index is 13.0. The van der Waals surface area contributed by atoms with Gasteiger partial charge in [-0.25, -0.2) is 4.39 Å². The predicted molar refractivity (Wildman–Crippen MR) is 57.8 cm³/mol. The van der Waals surface area contributed by atoms with Gasteiger partial charge in [-0.1, -0.05) is 0 Å². The number of rotatable bonds is 3. The molecule has 1 atom stereocenters. The average molecular weight is 274 g/mol. The topological polar surface area (TPSA) is 35.2 Å². The van der Waals surface area contributed by atoms with Crippen molar-refractivity contribution in [2.24, 2.45) is 5.73 Å². The first-order valence-electron chi connectivity index (χ1n) is 4.53. The van der Waals surface area contributed by atoms with Crippen LogP contribution >= 0.6 is 12.4 Å². The van der Waals surface area contributed by atoms with Crippen LogP contribution in [-0.4, -0.2) is 12.8 Å². The Morgan fingerprint density at radius 1 is 1.29 bits per heavy atom. The first-order chi connectivity index (χ1) is 7.28. The van der Waals surface area contributed by atoms with E-state index >= 15 is 0 Å². The standard InChI is InChI=1S/C10H11F4NO.ClH/c1-6(15)7-2-8(11)4-9(3-7)16-5-10(12,13)14;/h2-4,6H,5,15H2,1H3;1H. The van der Waals surface area contributed by atoms with Gasteiger partial charge in [0, 0.05) is 12.1 Å². The molecule has 7 heteroatoms. The van der Waals surface area contributed by atoms with Gasteiger partial charge < -0.3 is 10.5 Å². The molecule has 0 aliphatic heterocycles. The highest BCUT2D eigenvalue weighted by molar-refractivity contribution is 5.85. The number of hydrogen-bond donors (Lipinski definition) is 1. The number of alkyl halides is 3. The summed E-state index contributed by atoms with van der Waals surface area (Å²) in [7, 11) is 0. The van der Waals surface area contributed by atoms with Crippen LogP contribution in [0.15, 0.2) is 18.2 Å². The summed E-state index contributed by atoms with van der Waals surface area (Å²) in [5, 5.41) is 0. The summed E-state index contributed by atoms with van der Waals surface area (Å²) >= 11 is 0. The SMILES string of the molecule is CC(N)c1cc(F)cc(OCC(F)(F)F)c1.Cl. The monoisotopic (exact) mass is 273 g/mol. The Labute approximate surface area is 102 Å². The lowest BCUT2D eigenvalue weighted by molar-refractivity contribution is -0.153. The van der Waals surface area contributed by atoms with Gasteiger partial charge in [-0.3, -0.25) is 0 Å². The molecule has 2 N–H and O–H groups in total. The second-order valence-electron chi connectivity index (χ2n) is 3.41. The first-order valence-corrected chi connectivity index (χ1v) is 4.53. The molecule has 0 fully saturated rings. The highest BCUT2D eigenvalue weighted by Crippen LogP contribution is 2.22. The lowest BCUT2D eigenvalue weighted by Gasteiger charge is -2.12. The van der Waals surface area contributed by atoms with Crippen molar-refractivity contribution >= 4 is 12.4 Å². The minimum Gasteiger partial charge on any atom is -0.484 e. The summed E-state index contributed by atoms with van der Waals surface area (Å²) in [6.07, 6.45) is -4.44. The van der Waals surface area contributed by atoms with Gasteiger partial charge in [0.05, 0.1) is 0 Å². The lowest BCUT2D eigenvalue weighted by atomic mass is 10.1. The molecule has 2 nitrogen and oxygen atoms in total. The fraction of sp³-hybridized carbons (Fsp3) is 0.400. The van der Waals surface area contributed by atoms with Crippen LogP contribution in [0, 0.1) is 5.82 Å². The normalized spacial score (nSPS) is 12.8. The van der Waals surface area contributed by atoms with Crippen molar-refractivity contribution in [1.82, 2.24) is 0 Å². The summed E-state index contributed by atoms with van der Waals surface area (Å²) in [6, 6.07) is 2.87. The Kier molecular flexibility index (Phi) is 5.71. The smallest absolute Gasteiger partial charge is 0.422 e. The van der Waals surface area contributed by atoms with Crippen LogP contribution in [0.4, 0.5) is 17.6 Å². The third-order valence-corrected chi connectivity index (χ3v) is 1.82. The van der Waals surface area contributed by atoms with E-state index in [0.29, 0.717) is 5.56 Å². The van der Waals surface area contributed by atoms with E-state index in [9.17, 15) is 17.6 Å². The second kappa shape index (κ2) is 6.07. The zero-order valence-corrected chi connectivity index (χ0v) is 9.74. The summed E-state index contributed by atoms with van der Waals surface area (Å²) in [6.45, 7) is 0.150. The van der Waals surface area contributed by atoms with Gasteiger partial charge in [-0.15, -0.1) is 12.4 Å². The van der Waals surface area contributed by atoms with E-state index in [-0.39, 0.29) is 18.2 Å². The molecular formula is C10H12ClF4NO. The molecule has 0 spiro atoms. The van der Waals surface area contributed by atoms with Gasteiger partial charge in [0.1, 0.15) is 11.6 Å². The molecular weight excluding hydrogens is 262 g/mol. The van der Waals surface area contributed by atoms with Crippen LogP contribution in [0.5, 0.6) is 5.75 Å². The Morgan fingerprint density at radius 3 is 2.35 bits per heavy atom. The molecule has 17 heavy (non-hydrogen) atoms. The van der Waals surface area contributed by atoms with Gasteiger partial charge in [-0.05, 0) is 24.6 Å². The molecule has 1 aromatic rings. The molecule has 0 heterocycles. The largest absolute Gasteiger partial charge is 0.484 e. The zero-order valence-electron chi connectivity index (χ0n) is 8.92. The third-order valence-electron chi connectivity index (χ3n) is 1.82. The fourth-order valence-electron chi connectivity index (χ4n) is 1.10. The second-order valence-corrected chi connectivity index (χ2v) is 3.41. The Hall–Kier alpha value is -1.01. The van der Waals surface area contributed by atoms with Crippen molar-refractivity contribution in [3.8, 4) is 5.75 Å². The van der Waals surface area contributed by atoms with E-state index in [2.05, 4.69) is 4.74 Å². The molecule has 0 amide bonds. The predicted octanol–water partition coefficient (Wildman–Crippen LogP) is 3.21. The molecule has 1 unspecified atom stereocenters. The molecule has 98 valence electrons. The van der Waals surface area contributed by atoms with E-state index in [0.717, 1.165) is 12.1 Å². The number of halogens is 5. The van der Waals surface area contributed by atoms with E-state index in [4.69, 9.17) is 5.73 Å². The van der Waals surface area contributed by atoms with Crippen molar-refractivity contribution in [2.75, 3.05) is 6.61 Å². The number of ether oxygens (including phenoxy) is 1. The Bertz CT molecular complexity index is 368. The molecule has 0 bridgehead atoms. The maximum Gasteiger partial charge on any atom is 0.422 e. The van der Waals surface area contributed by atoms with E-state index in [1.165, 1.54) is 6.07 Å². The van der Waals surface area contributed by atoms with Crippen molar-refractivity contribution < 1.29 is 22.3 Å². The summed E-state index contributed by atoms with van der Waals surface area (Å²) < 4.78 is 53.0. The molecule has 0 saturated heterocycles. The highest BCUT2D eigenvalue weighted by Gasteiger charge is 2.28. The van der Waals surface area contributed by atoms with Crippen LogP contribution in [-0.2, 0) is 0 Å². The average Bonchev–Trinajstić information content (AvgIpc) is 2.13. The number of nitrogens with two attached hydrogens (primary N) is 1. The molecule has 0 radical (unpaired) electrons. The van der Waals surface area contributed by atoms with Crippen LogP contribution in [0.2, 0.25) is 0 Å². The van der Waals surface area contributed by atoms with Gasteiger partial charge in [0.15, 0.2) is 6.61 Å². The van der Waals surface area contributed by atoms with Gasteiger partial charge in [0.25, 0.3) is 0 Å². The molecule has 0 aliphatic carbocycles. The van der Waals surface area contributed by atoms with Crippen LogP contribution in [0.3, 0.4) is 0 Å². The van der Waals surface area contributed by atoms with Gasteiger partial charge in [-0.2, -0.15) is 13.2 Å². The molecule has 0 saturated carbocycles. The minimum absolute atomic E-state index is 0. The fourth-order valence-corrected chi connectivity index (χ4v) is 1.10. The van der Waals surface area contributed by atoms with Crippen molar-refractivity contribution in [3.63, 3.8) is 0 Å². The van der Waals surface area contributed by atoms with Gasteiger partial charge >= 0.3 is 6.18 Å². The highest BCUT2D eigenvalue weighted by atomic mass is 35.5. The quantitative estimate of drug-likeness (QED) is 0.859. The van der Waals surface area contributed by atoms with Gasteiger partial charge in [0.2, 0.25) is 0 Å². The lowest BCUT2D eigenvalue weighted by Crippen LogP contribution is -2.19. The maximum atomic E-state index is 13.0. The van der Waals surface area contributed by atoms with E-state index in [1.807, 2.05) is 0 Å². The van der Waals surface area contributed by atoms with Crippen LogP contribution in [0.25, 0.3) is 0 Å². The molecule has 0 aromatic heterocycles.